The lowest BCUT2D eigenvalue weighted by atomic mass is 10.1. The van der Waals surface area contributed by atoms with Crippen LogP contribution >= 0.6 is 0 Å². The maximum atomic E-state index is 13.1. The van der Waals surface area contributed by atoms with E-state index in [0.29, 0.717) is 16.7 Å². The van der Waals surface area contributed by atoms with E-state index < -0.39 is 15.9 Å². The van der Waals surface area contributed by atoms with Crippen LogP contribution in [0.4, 0.5) is 5.69 Å². The van der Waals surface area contributed by atoms with E-state index in [4.69, 9.17) is 9.62 Å². The molecule has 0 spiro atoms. The molecule has 1 aromatic heterocycles. The quantitative estimate of drug-likeness (QED) is 0.373. The molecule has 8 heteroatoms. The van der Waals surface area contributed by atoms with E-state index in [1.807, 2.05) is 30.3 Å². The molecule has 2 N–H and O–H groups in total. The molecule has 0 aliphatic rings. The average Bonchev–Trinajstić information content (AvgIpc) is 3.22. The van der Waals surface area contributed by atoms with Gasteiger partial charge in [0, 0.05) is 12.4 Å². The first-order valence-electron chi connectivity index (χ1n) is 9.02. The van der Waals surface area contributed by atoms with Crippen LogP contribution in [-0.2, 0) is 10.0 Å². The third kappa shape index (κ3) is 3.54. The molecule has 0 bridgehead atoms. The number of anilines is 1. The second-order valence-electron chi connectivity index (χ2n) is 6.64. The highest BCUT2D eigenvalue weighted by Crippen LogP contribution is 2.29. The summed E-state index contributed by atoms with van der Waals surface area (Å²) < 4.78 is 32.7. The van der Waals surface area contributed by atoms with E-state index in [-0.39, 0.29) is 10.7 Å². The summed E-state index contributed by atoms with van der Waals surface area (Å²) in [4.78, 5) is 11.7. The van der Waals surface area contributed by atoms with Crippen LogP contribution < -0.4 is 9.79 Å². The predicted molar refractivity (Wildman–Crippen MR) is 113 cm³/mol. The number of furan rings is 1. The van der Waals surface area contributed by atoms with E-state index in [1.54, 1.807) is 42.5 Å². The number of sulfonamides is 1. The molecule has 0 radical (unpaired) electrons. The molecule has 0 saturated heterocycles. The van der Waals surface area contributed by atoms with Gasteiger partial charge in [-0.2, -0.15) is 0 Å². The van der Waals surface area contributed by atoms with E-state index in [0.717, 1.165) is 11.1 Å². The lowest BCUT2D eigenvalue weighted by molar-refractivity contribution is 0.0678. The van der Waals surface area contributed by atoms with Gasteiger partial charge in [0.2, 0.25) is 0 Å². The fraction of sp³-hybridized carbons (Fsp3) is 0.0455. The Morgan fingerprint density at radius 3 is 2.27 bits per heavy atom. The Kier molecular flexibility index (Phi) is 5.03. The maximum absolute atomic E-state index is 13.1. The molecule has 1 amide bonds. The molecule has 0 aliphatic heterocycles. The summed E-state index contributed by atoms with van der Waals surface area (Å²) in [5, 5.41) is 9.27. The molecule has 1 heterocycles. The zero-order valence-corrected chi connectivity index (χ0v) is 16.8. The fourth-order valence-corrected chi connectivity index (χ4v) is 4.33. The standard InChI is InChI=1S/C22H18N2O5S/c1-24(18-9-12-20-17(13-18)14-21(29-20)22(25)23-26)30(27,28)19-10-7-16(8-11-19)15-5-3-2-4-6-15/h2-14,26H,1H3,(H,23,25). The summed E-state index contributed by atoms with van der Waals surface area (Å²) in [6.45, 7) is 0. The van der Waals surface area contributed by atoms with Gasteiger partial charge in [-0.25, -0.2) is 13.9 Å². The lowest BCUT2D eigenvalue weighted by Crippen LogP contribution is -2.26. The molecule has 4 rings (SSSR count). The van der Waals surface area contributed by atoms with Gasteiger partial charge in [0.15, 0.2) is 5.76 Å². The van der Waals surface area contributed by atoms with Gasteiger partial charge in [0.25, 0.3) is 10.0 Å². The Labute approximate surface area is 173 Å². The summed E-state index contributed by atoms with van der Waals surface area (Å²) in [5.41, 5.74) is 4.24. The number of hydroxylamine groups is 1. The molecule has 0 unspecified atom stereocenters. The van der Waals surface area contributed by atoms with Gasteiger partial charge in [0.1, 0.15) is 5.58 Å². The summed E-state index contributed by atoms with van der Waals surface area (Å²) >= 11 is 0. The van der Waals surface area contributed by atoms with E-state index in [2.05, 4.69) is 0 Å². The van der Waals surface area contributed by atoms with E-state index in [1.165, 1.54) is 22.9 Å². The van der Waals surface area contributed by atoms with E-state index in [9.17, 15) is 13.2 Å². The zero-order valence-electron chi connectivity index (χ0n) is 15.9. The number of carbonyl (C=O) groups is 1. The van der Waals surface area contributed by atoms with Crippen molar-refractivity contribution in [2.45, 2.75) is 4.90 Å². The maximum Gasteiger partial charge on any atom is 0.310 e. The van der Waals surface area contributed by atoms with Crippen LogP contribution in [0.2, 0.25) is 0 Å². The minimum absolute atomic E-state index is 0.0772. The van der Waals surface area contributed by atoms with Crippen LogP contribution in [0.15, 0.2) is 88.2 Å². The van der Waals surface area contributed by atoms with Gasteiger partial charge in [0.05, 0.1) is 10.6 Å². The number of carbonyl (C=O) groups excluding carboxylic acids is 1. The smallest absolute Gasteiger partial charge is 0.310 e. The fourth-order valence-electron chi connectivity index (χ4n) is 3.14. The number of amides is 1. The number of hydrogen-bond donors (Lipinski definition) is 2. The van der Waals surface area contributed by atoms with Crippen molar-refractivity contribution in [2.24, 2.45) is 0 Å². The Hall–Kier alpha value is -3.62. The number of benzene rings is 3. The van der Waals surface area contributed by atoms with Crippen molar-refractivity contribution in [1.29, 1.82) is 0 Å². The summed E-state index contributed by atoms with van der Waals surface area (Å²) in [6, 6.07) is 22.6. The van der Waals surface area contributed by atoms with Gasteiger partial charge in [-0.15, -0.1) is 0 Å². The van der Waals surface area contributed by atoms with Gasteiger partial charge in [-0.1, -0.05) is 42.5 Å². The van der Waals surface area contributed by atoms with Gasteiger partial charge < -0.3 is 4.42 Å². The molecule has 0 saturated carbocycles. The Balaban J connectivity index is 1.64. The third-order valence-corrected chi connectivity index (χ3v) is 6.61. The molecule has 152 valence electrons. The van der Waals surface area contributed by atoms with Crippen molar-refractivity contribution in [1.82, 2.24) is 5.48 Å². The lowest BCUT2D eigenvalue weighted by Gasteiger charge is -2.19. The summed E-state index contributed by atoms with van der Waals surface area (Å²) in [5.74, 6) is -0.862. The van der Waals surface area contributed by atoms with Crippen LogP contribution in [0.5, 0.6) is 0 Å². The first-order valence-corrected chi connectivity index (χ1v) is 10.5. The molecule has 7 nitrogen and oxygen atoms in total. The summed E-state index contributed by atoms with van der Waals surface area (Å²) in [7, 11) is -2.33. The monoisotopic (exact) mass is 422 g/mol. The molecule has 0 atom stereocenters. The Morgan fingerprint density at radius 2 is 1.60 bits per heavy atom. The van der Waals surface area contributed by atoms with Crippen molar-refractivity contribution < 1.29 is 22.8 Å². The minimum Gasteiger partial charge on any atom is -0.451 e. The van der Waals surface area contributed by atoms with Crippen LogP contribution in [0, 0.1) is 0 Å². The molecule has 3 aromatic carbocycles. The zero-order chi connectivity index (χ0) is 21.3. The predicted octanol–water partition coefficient (Wildman–Crippen LogP) is 4.04. The normalized spacial score (nSPS) is 11.4. The number of nitrogens with zero attached hydrogens (tertiary/aromatic N) is 1. The SMILES string of the molecule is CN(c1ccc2oc(C(=O)NO)cc2c1)S(=O)(=O)c1ccc(-c2ccccc2)cc1. The van der Waals surface area contributed by atoms with Crippen molar-refractivity contribution in [3.8, 4) is 11.1 Å². The molecular formula is C22H18N2O5S. The molecule has 4 aromatic rings. The number of hydrogen-bond acceptors (Lipinski definition) is 5. The van der Waals surface area contributed by atoms with Crippen molar-refractivity contribution in [3.05, 3.63) is 84.6 Å². The van der Waals surface area contributed by atoms with Crippen molar-refractivity contribution in [3.63, 3.8) is 0 Å². The number of nitrogens with one attached hydrogen (secondary N) is 1. The van der Waals surface area contributed by atoms with Gasteiger partial charge in [-0.05, 0) is 47.5 Å². The second-order valence-corrected chi connectivity index (χ2v) is 8.61. The topological polar surface area (TPSA) is 99.8 Å². The van der Waals surface area contributed by atoms with Crippen LogP contribution in [-0.4, -0.2) is 26.6 Å². The number of fused-ring (bicyclic) bond motifs is 1. The van der Waals surface area contributed by atoms with Crippen LogP contribution in [0.25, 0.3) is 22.1 Å². The molecule has 0 aliphatic carbocycles. The first kappa shape index (κ1) is 19.7. The Bertz CT molecular complexity index is 1310. The highest BCUT2D eigenvalue weighted by atomic mass is 32.2. The summed E-state index contributed by atoms with van der Waals surface area (Å²) in [6.07, 6.45) is 0. The number of rotatable bonds is 5. The molecule has 0 fully saturated rings. The van der Waals surface area contributed by atoms with E-state index >= 15 is 0 Å². The second kappa shape index (κ2) is 7.66. The highest BCUT2D eigenvalue weighted by molar-refractivity contribution is 7.92. The largest absolute Gasteiger partial charge is 0.451 e. The molecular weight excluding hydrogens is 404 g/mol. The highest BCUT2D eigenvalue weighted by Gasteiger charge is 2.22. The van der Waals surface area contributed by atoms with Crippen molar-refractivity contribution >= 4 is 32.6 Å². The van der Waals surface area contributed by atoms with Crippen LogP contribution in [0.3, 0.4) is 0 Å². The average molecular weight is 422 g/mol. The first-order chi connectivity index (χ1) is 14.4. The third-order valence-electron chi connectivity index (χ3n) is 4.81. The Morgan fingerprint density at radius 1 is 0.933 bits per heavy atom. The van der Waals surface area contributed by atoms with Crippen LogP contribution in [0.1, 0.15) is 10.6 Å². The minimum atomic E-state index is -3.79. The molecule has 30 heavy (non-hydrogen) atoms. The van der Waals surface area contributed by atoms with Gasteiger partial charge >= 0.3 is 5.91 Å². The van der Waals surface area contributed by atoms with Gasteiger partial charge in [-0.3, -0.25) is 14.3 Å². The van der Waals surface area contributed by atoms with Crippen molar-refractivity contribution in [2.75, 3.05) is 11.4 Å².